The third-order valence-electron chi connectivity index (χ3n) is 1.78. The normalized spacial score (nSPS) is 21.6. The number of carbonyl (C=O) groups excluding carboxylic acids is 2. The van der Waals surface area contributed by atoms with Crippen LogP contribution in [0.1, 0.15) is 27.7 Å². The van der Waals surface area contributed by atoms with E-state index in [1.807, 2.05) is 0 Å². The van der Waals surface area contributed by atoms with Crippen molar-refractivity contribution >= 4 is 58.0 Å². The molecular formula is C10H14Cl4O4. The Kier molecular flexibility index (Phi) is 6.89. The van der Waals surface area contributed by atoms with Gasteiger partial charge >= 0.3 is 0 Å². The van der Waals surface area contributed by atoms with Gasteiger partial charge < -0.3 is 9.47 Å². The van der Waals surface area contributed by atoms with Crippen LogP contribution in [0.5, 0.6) is 0 Å². The molecule has 0 radical (unpaired) electrons. The van der Waals surface area contributed by atoms with Crippen LogP contribution in [0.4, 0.5) is 0 Å². The summed E-state index contributed by atoms with van der Waals surface area (Å²) in [5, 5.41) is -3.82. The van der Waals surface area contributed by atoms with E-state index in [9.17, 15) is 9.59 Å². The van der Waals surface area contributed by atoms with Crippen molar-refractivity contribution in [2.75, 3.05) is 0 Å². The largest absolute Gasteiger partial charge is 0.333 e. The summed E-state index contributed by atoms with van der Waals surface area (Å²) >= 11 is 22.7. The van der Waals surface area contributed by atoms with E-state index in [0.29, 0.717) is 0 Å². The molecule has 0 aromatic carbocycles. The number of halogens is 4. The minimum atomic E-state index is -1.91. The SMILES string of the molecule is CC(Cl)OC(C)(Cl)C(=O)C(=O)C(C)(Cl)OC(C)Cl. The number of ether oxygens (including phenoxy) is 2. The number of alkyl halides is 4. The van der Waals surface area contributed by atoms with Crippen LogP contribution in [-0.2, 0) is 19.1 Å². The van der Waals surface area contributed by atoms with Gasteiger partial charge in [0.1, 0.15) is 11.1 Å². The molecule has 0 aliphatic carbocycles. The lowest BCUT2D eigenvalue weighted by Crippen LogP contribution is -2.48. The molecule has 0 aliphatic heterocycles. The lowest BCUT2D eigenvalue weighted by molar-refractivity contribution is -0.154. The minimum Gasteiger partial charge on any atom is -0.333 e. The van der Waals surface area contributed by atoms with E-state index in [1.54, 1.807) is 0 Å². The quantitative estimate of drug-likeness (QED) is 0.527. The number of ketones is 2. The highest BCUT2D eigenvalue weighted by Crippen LogP contribution is 2.28. The summed E-state index contributed by atoms with van der Waals surface area (Å²) < 4.78 is 9.87. The van der Waals surface area contributed by atoms with Crippen molar-refractivity contribution in [1.82, 2.24) is 0 Å². The lowest BCUT2D eigenvalue weighted by Gasteiger charge is -2.27. The van der Waals surface area contributed by atoms with Crippen LogP contribution in [-0.4, -0.2) is 32.8 Å². The van der Waals surface area contributed by atoms with E-state index >= 15 is 0 Å². The summed E-state index contributed by atoms with van der Waals surface area (Å²) in [4.78, 5) is 23.7. The Bertz CT molecular complexity index is 294. The number of rotatable bonds is 7. The van der Waals surface area contributed by atoms with Crippen molar-refractivity contribution < 1.29 is 19.1 Å². The van der Waals surface area contributed by atoms with E-state index in [-0.39, 0.29) is 0 Å². The van der Waals surface area contributed by atoms with E-state index in [0.717, 1.165) is 0 Å². The highest BCUT2D eigenvalue weighted by atomic mass is 35.5. The molecule has 0 N–H and O–H groups in total. The maximum Gasteiger partial charge on any atom is 0.249 e. The molecule has 4 atom stereocenters. The van der Waals surface area contributed by atoms with E-state index < -0.39 is 32.8 Å². The number of carbonyl (C=O) groups is 2. The Hall–Kier alpha value is 0.420. The van der Waals surface area contributed by atoms with Crippen LogP contribution in [0.3, 0.4) is 0 Å². The topological polar surface area (TPSA) is 52.6 Å². The first-order chi connectivity index (χ1) is 7.90. The Morgan fingerprint density at radius 1 is 0.889 bits per heavy atom. The second kappa shape index (κ2) is 6.73. The first-order valence-corrected chi connectivity index (χ1v) is 6.64. The standard InChI is InChI=1S/C10H14Cl4O4/c1-5(11)17-9(3,13)7(15)8(16)10(4,14)18-6(2)12/h5-6H,1-4H3. The predicted octanol–water partition coefficient (Wildman–Crippen LogP) is 3.24. The fraction of sp³-hybridized carbons (Fsp3) is 0.800. The molecule has 106 valence electrons. The van der Waals surface area contributed by atoms with Crippen LogP contribution in [0.25, 0.3) is 0 Å². The van der Waals surface area contributed by atoms with Crippen LogP contribution in [0.2, 0.25) is 0 Å². The highest BCUT2D eigenvalue weighted by Gasteiger charge is 2.46. The first-order valence-electron chi connectivity index (χ1n) is 5.01. The molecule has 0 saturated heterocycles. The second-order valence-corrected chi connectivity index (χ2v) is 6.49. The summed E-state index contributed by atoms with van der Waals surface area (Å²) in [6, 6.07) is 0. The van der Waals surface area contributed by atoms with Gasteiger partial charge in [0.2, 0.25) is 21.7 Å². The molecule has 0 aromatic rings. The number of hydrogen-bond acceptors (Lipinski definition) is 4. The van der Waals surface area contributed by atoms with Crippen molar-refractivity contribution in [3.63, 3.8) is 0 Å². The third-order valence-corrected chi connectivity index (χ3v) is 2.48. The van der Waals surface area contributed by atoms with Gasteiger partial charge in [0.15, 0.2) is 0 Å². The molecular weight excluding hydrogens is 326 g/mol. The summed E-state index contributed by atoms with van der Waals surface area (Å²) in [6.07, 6.45) is 0. The molecule has 0 aromatic heterocycles. The Morgan fingerprint density at radius 2 is 1.11 bits per heavy atom. The molecule has 0 amide bonds. The van der Waals surface area contributed by atoms with Gasteiger partial charge in [-0.3, -0.25) is 9.59 Å². The van der Waals surface area contributed by atoms with E-state index in [4.69, 9.17) is 55.9 Å². The lowest BCUT2D eigenvalue weighted by atomic mass is 10.1. The molecule has 0 spiro atoms. The summed E-state index contributed by atoms with van der Waals surface area (Å²) in [5.41, 5.74) is -1.70. The van der Waals surface area contributed by atoms with E-state index in [1.165, 1.54) is 27.7 Å². The molecule has 4 nitrogen and oxygen atoms in total. The van der Waals surface area contributed by atoms with Gasteiger partial charge in [-0.2, -0.15) is 0 Å². The zero-order valence-corrected chi connectivity index (χ0v) is 13.3. The molecule has 18 heavy (non-hydrogen) atoms. The van der Waals surface area contributed by atoms with Crippen LogP contribution in [0.15, 0.2) is 0 Å². The molecule has 8 heteroatoms. The highest BCUT2D eigenvalue weighted by molar-refractivity contribution is 6.58. The fourth-order valence-corrected chi connectivity index (χ4v) is 2.01. The third kappa shape index (κ3) is 5.59. The van der Waals surface area contributed by atoms with Crippen LogP contribution < -0.4 is 0 Å². The summed E-state index contributed by atoms with van der Waals surface area (Å²) in [6.45, 7) is 5.31. The molecule has 0 fully saturated rings. The second-order valence-electron chi connectivity index (χ2n) is 3.81. The van der Waals surface area contributed by atoms with Gasteiger partial charge in [-0.1, -0.05) is 46.4 Å². The first kappa shape index (κ1) is 18.4. The Morgan fingerprint density at radius 3 is 1.28 bits per heavy atom. The molecule has 0 bridgehead atoms. The minimum absolute atomic E-state index is 0.848. The van der Waals surface area contributed by atoms with Gasteiger partial charge in [0.05, 0.1) is 0 Å². The van der Waals surface area contributed by atoms with Crippen LogP contribution in [0, 0.1) is 0 Å². The van der Waals surface area contributed by atoms with Gasteiger partial charge in [-0.15, -0.1) is 0 Å². The van der Waals surface area contributed by atoms with Crippen molar-refractivity contribution in [3.05, 3.63) is 0 Å². The molecule has 0 saturated carbocycles. The predicted molar refractivity (Wildman–Crippen MR) is 71.3 cm³/mol. The Labute approximate surface area is 126 Å². The average molecular weight is 340 g/mol. The molecule has 0 rings (SSSR count). The van der Waals surface area contributed by atoms with Gasteiger partial charge in [-0.25, -0.2) is 0 Å². The fourth-order valence-electron chi connectivity index (χ4n) is 1.12. The van der Waals surface area contributed by atoms with E-state index in [2.05, 4.69) is 0 Å². The number of Topliss-reactive ketones (excluding diaryl/α,β-unsaturated/α-hetero) is 2. The van der Waals surface area contributed by atoms with Gasteiger partial charge in [-0.05, 0) is 27.7 Å². The molecule has 0 aliphatic rings. The zero-order valence-electron chi connectivity index (χ0n) is 10.3. The van der Waals surface area contributed by atoms with Crippen molar-refractivity contribution in [1.29, 1.82) is 0 Å². The number of hydrogen-bond donors (Lipinski definition) is 0. The van der Waals surface area contributed by atoms with Gasteiger partial charge in [0, 0.05) is 0 Å². The smallest absolute Gasteiger partial charge is 0.249 e. The summed E-state index contributed by atoms with van der Waals surface area (Å²) in [5.74, 6) is -2.13. The van der Waals surface area contributed by atoms with Gasteiger partial charge in [0.25, 0.3) is 0 Å². The maximum absolute atomic E-state index is 11.9. The maximum atomic E-state index is 11.9. The molecule has 0 heterocycles. The average Bonchev–Trinajstić information content (AvgIpc) is 2.11. The van der Waals surface area contributed by atoms with Crippen molar-refractivity contribution in [2.45, 2.75) is 48.9 Å². The zero-order chi connectivity index (χ0) is 14.7. The van der Waals surface area contributed by atoms with Crippen molar-refractivity contribution in [2.24, 2.45) is 0 Å². The van der Waals surface area contributed by atoms with Crippen molar-refractivity contribution in [3.8, 4) is 0 Å². The van der Waals surface area contributed by atoms with Crippen LogP contribution >= 0.6 is 46.4 Å². The summed E-state index contributed by atoms with van der Waals surface area (Å²) in [7, 11) is 0. The molecule has 4 unspecified atom stereocenters. The Balaban J connectivity index is 4.94. The monoisotopic (exact) mass is 338 g/mol.